The molecule has 0 aromatic carbocycles. The molecule has 2 aromatic heterocycles. The van der Waals surface area contributed by atoms with Gasteiger partial charge in [-0.05, 0) is 30.2 Å². The molecule has 0 saturated carbocycles. The molecule has 3 heterocycles. The number of imidazole rings is 1. The Hall–Kier alpha value is -1.09. The molecule has 0 N–H and O–H groups in total. The van der Waals surface area contributed by atoms with Crippen LogP contribution in [-0.2, 0) is 6.54 Å². The van der Waals surface area contributed by atoms with Crippen LogP contribution >= 0.6 is 11.3 Å². The van der Waals surface area contributed by atoms with Crippen LogP contribution in [0.5, 0.6) is 0 Å². The number of hydrogen-bond acceptors (Lipinski definition) is 2. The molecule has 1 aliphatic rings. The van der Waals surface area contributed by atoms with Gasteiger partial charge in [0.15, 0.2) is 0 Å². The van der Waals surface area contributed by atoms with Crippen molar-refractivity contribution in [3.63, 3.8) is 0 Å². The van der Waals surface area contributed by atoms with E-state index in [0.29, 0.717) is 5.92 Å². The Morgan fingerprint density at radius 3 is 3.27 bits per heavy atom. The van der Waals surface area contributed by atoms with Crippen molar-refractivity contribution >= 4 is 11.3 Å². The third-order valence-electron chi connectivity index (χ3n) is 3.15. The van der Waals surface area contributed by atoms with Crippen molar-refractivity contribution in [3.8, 4) is 10.7 Å². The predicted octanol–water partition coefficient (Wildman–Crippen LogP) is 3.51. The first-order valence-corrected chi connectivity index (χ1v) is 6.33. The van der Waals surface area contributed by atoms with E-state index in [1.165, 1.54) is 23.4 Å². The molecular weight excluding hydrogens is 204 g/mol. The summed E-state index contributed by atoms with van der Waals surface area (Å²) in [5.41, 5.74) is 1.41. The summed E-state index contributed by atoms with van der Waals surface area (Å²) in [7, 11) is 0. The van der Waals surface area contributed by atoms with E-state index in [1.54, 1.807) is 11.3 Å². The molecule has 0 bridgehead atoms. The van der Waals surface area contributed by atoms with Crippen LogP contribution in [0, 0.1) is 0 Å². The Kier molecular flexibility index (Phi) is 2.13. The lowest BCUT2D eigenvalue weighted by Gasteiger charge is -2.21. The summed E-state index contributed by atoms with van der Waals surface area (Å²) in [6.07, 6.45) is 4.64. The second-order valence-corrected chi connectivity index (χ2v) is 5.13. The average molecular weight is 218 g/mol. The number of rotatable bonds is 1. The van der Waals surface area contributed by atoms with Crippen molar-refractivity contribution in [2.24, 2.45) is 0 Å². The Morgan fingerprint density at radius 2 is 2.47 bits per heavy atom. The van der Waals surface area contributed by atoms with Crippen LogP contribution in [0.2, 0.25) is 0 Å². The third kappa shape index (κ3) is 1.42. The summed E-state index contributed by atoms with van der Waals surface area (Å²) in [5, 5.41) is 2.11. The largest absolute Gasteiger partial charge is 0.327 e. The van der Waals surface area contributed by atoms with Crippen LogP contribution < -0.4 is 0 Å². The summed E-state index contributed by atoms with van der Waals surface area (Å²) < 4.78 is 2.39. The van der Waals surface area contributed by atoms with Crippen molar-refractivity contribution in [3.05, 3.63) is 29.4 Å². The molecule has 0 saturated heterocycles. The number of aromatic nitrogens is 2. The van der Waals surface area contributed by atoms with Crippen molar-refractivity contribution in [1.29, 1.82) is 0 Å². The third-order valence-corrected chi connectivity index (χ3v) is 4.02. The van der Waals surface area contributed by atoms with Gasteiger partial charge in [0.25, 0.3) is 0 Å². The van der Waals surface area contributed by atoms with E-state index in [4.69, 9.17) is 0 Å². The second-order valence-electron chi connectivity index (χ2n) is 4.18. The van der Waals surface area contributed by atoms with Gasteiger partial charge in [0.2, 0.25) is 0 Å². The summed E-state index contributed by atoms with van der Waals surface area (Å²) >= 11 is 1.77. The number of thiophene rings is 1. The normalized spacial score (nSPS) is 20.2. The van der Waals surface area contributed by atoms with Gasteiger partial charge in [-0.3, -0.25) is 0 Å². The SMILES string of the molecule is CC1CCCn2c1cnc2-c1cccs1. The van der Waals surface area contributed by atoms with Gasteiger partial charge < -0.3 is 4.57 Å². The van der Waals surface area contributed by atoms with Crippen molar-refractivity contribution in [2.45, 2.75) is 32.2 Å². The molecule has 15 heavy (non-hydrogen) atoms. The van der Waals surface area contributed by atoms with Crippen LogP contribution in [0.15, 0.2) is 23.7 Å². The zero-order chi connectivity index (χ0) is 10.3. The lowest BCUT2D eigenvalue weighted by Crippen LogP contribution is -2.13. The fourth-order valence-corrected chi connectivity index (χ4v) is 3.05. The average Bonchev–Trinajstić information content (AvgIpc) is 2.85. The maximum Gasteiger partial charge on any atom is 0.150 e. The zero-order valence-corrected chi connectivity index (χ0v) is 9.63. The molecule has 3 heteroatoms. The van der Waals surface area contributed by atoms with Crippen LogP contribution in [0.25, 0.3) is 10.7 Å². The van der Waals surface area contributed by atoms with Gasteiger partial charge in [0.05, 0.1) is 4.88 Å². The van der Waals surface area contributed by atoms with E-state index in [2.05, 4.69) is 40.2 Å². The van der Waals surface area contributed by atoms with E-state index >= 15 is 0 Å². The Balaban J connectivity index is 2.11. The molecule has 0 amide bonds. The first-order valence-electron chi connectivity index (χ1n) is 5.45. The molecular formula is C12H14N2S. The van der Waals surface area contributed by atoms with Crippen LogP contribution in [0.3, 0.4) is 0 Å². The highest BCUT2D eigenvalue weighted by molar-refractivity contribution is 7.13. The molecule has 1 atom stereocenters. The monoisotopic (exact) mass is 218 g/mol. The maximum absolute atomic E-state index is 4.56. The lowest BCUT2D eigenvalue weighted by molar-refractivity contribution is 0.478. The molecule has 0 aliphatic carbocycles. The minimum absolute atomic E-state index is 0.667. The van der Waals surface area contributed by atoms with E-state index in [9.17, 15) is 0 Å². The van der Waals surface area contributed by atoms with E-state index in [0.717, 1.165) is 12.4 Å². The lowest BCUT2D eigenvalue weighted by atomic mass is 9.99. The van der Waals surface area contributed by atoms with Crippen LogP contribution in [0.1, 0.15) is 31.4 Å². The van der Waals surface area contributed by atoms with Gasteiger partial charge in [-0.15, -0.1) is 11.3 Å². The Bertz CT molecular complexity index is 456. The highest BCUT2D eigenvalue weighted by Crippen LogP contribution is 2.32. The second kappa shape index (κ2) is 3.49. The van der Waals surface area contributed by atoms with E-state index in [1.807, 2.05) is 0 Å². The molecule has 3 rings (SSSR count). The summed E-state index contributed by atoms with van der Waals surface area (Å²) in [6, 6.07) is 4.24. The minimum atomic E-state index is 0.667. The quantitative estimate of drug-likeness (QED) is 0.716. The molecule has 0 spiro atoms. The highest BCUT2D eigenvalue weighted by atomic mass is 32.1. The fraction of sp³-hybridized carbons (Fsp3) is 0.417. The van der Waals surface area contributed by atoms with Crippen molar-refractivity contribution in [1.82, 2.24) is 9.55 Å². The predicted molar refractivity (Wildman–Crippen MR) is 63.2 cm³/mol. The smallest absolute Gasteiger partial charge is 0.150 e. The van der Waals surface area contributed by atoms with Gasteiger partial charge in [-0.25, -0.2) is 4.98 Å². The van der Waals surface area contributed by atoms with Gasteiger partial charge in [-0.1, -0.05) is 13.0 Å². The van der Waals surface area contributed by atoms with E-state index in [-0.39, 0.29) is 0 Å². The van der Waals surface area contributed by atoms with Crippen LogP contribution in [-0.4, -0.2) is 9.55 Å². The van der Waals surface area contributed by atoms with Crippen molar-refractivity contribution in [2.75, 3.05) is 0 Å². The molecule has 1 aliphatic heterocycles. The van der Waals surface area contributed by atoms with Gasteiger partial charge >= 0.3 is 0 Å². The highest BCUT2D eigenvalue weighted by Gasteiger charge is 2.20. The first-order chi connectivity index (χ1) is 7.36. The molecule has 2 nitrogen and oxygen atoms in total. The minimum Gasteiger partial charge on any atom is -0.327 e. The number of hydrogen-bond donors (Lipinski definition) is 0. The fourth-order valence-electron chi connectivity index (χ4n) is 2.32. The summed E-state index contributed by atoms with van der Waals surface area (Å²) in [4.78, 5) is 5.85. The molecule has 0 radical (unpaired) electrons. The standard InChI is InChI=1S/C12H14N2S/c1-9-4-2-6-14-10(9)8-13-12(14)11-5-3-7-15-11/h3,5,7-9H,2,4,6H2,1H3. The topological polar surface area (TPSA) is 17.8 Å². The van der Waals surface area contributed by atoms with Crippen LogP contribution in [0.4, 0.5) is 0 Å². The van der Waals surface area contributed by atoms with E-state index < -0.39 is 0 Å². The molecule has 1 unspecified atom stereocenters. The number of nitrogens with zero attached hydrogens (tertiary/aromatic N) is 2. The maximum atomic E-state index is 4.56. The molecule has 78 valence electrons. The van der Waals surface area contributed by atoms with Gasteiger partial charge in [0.1, 0.15) is 5.82 Å². The number of fused-ring (bicyclic) bond motifs is 1. The molecule has 0 fully saturated rings. The summed E-state index contributed by atoms with van der Waals surface area (Å²) in [6.45, 7) is 3.43. The van der Waals surface area contributed by atoms with Crippen molar-refractivity contribution < 1.29 is 0 Å². The summed E-state index contributed by atoms with van der Waals surface area (Å²) in [5.74, 6) is 1.83. The first kappa shape index (κ1) is 9.16. The zero-order valence-electron chi connectivity index (χ0n) is 8.81. The van der Waals surface area contributed by atoms with Gasteiger partial charge in [-0.2, -0.15) is 0 Å². The Labute approximate surface area is 93.6 Å². The Morgan fingerprint density at radius 1 is 1.53 bits per heavy atom. The van der Waals surface area contributed by atoms with Gasteiger partial charge in [0, 0.05) is 18.4 Å². The molecule has 2 aromatic rings.